The maximum Gasteiger partial charge on any atom is 0.223 e. The first-order chi connectivity index (χ1) is 7.77. The van der Waals surface area contributed by atoms with Gasteiger partial charge in [0, 0.05) is 13.0 Å². The summed E-state index contributed by atoms with van der Waals surface area (Å²) in [7, 11) is 0. The zero-order valence-electron chi connectivity index (χ0n) is 11.9. The summed E-state index contributed by atoms with van der Waals surface area (Å²) in [5, 5.41) is 9.36. The van der Waals surface area contributed by atoms with Crippen LogP contribution in [0.5, 0.6) is 0 Å². The van der Waals surface area contributed by atoms with Crippen molar-refractivity contribution < 1.29 is 9.90 Å². The maximum absolute atomic E-state index is 12.2. The largest absolute Gasteiger partial charge is 0.394 e. The molecule has 0 aromatic heterocycles. The molecule has 1 saturated heterocycles. The molecule has 3 heteroatoms. The Morgan fingerprint density at radius 2 is 2.06 bits per heavy atom. The lowest BCUT2D eigenvalue weighted by atomic mass is 9.80. The van der Waals surface area contributed by atoms with Crippen molar-refractivity contribution in [3.05, 3.63) is 0 Å². The molecule has 1 N–H and O–H groups in total. The first-order valence-corrected chi connectivity index (χ1v) is 6.67. The predicted octanol–water partition coefficient (Wildman–Crippen LogP) is 2.29. The van der Waals surface area contributed by atoms with E-state index in [-0.39, 0.29) is 24.0 Å². The molecule has 1 aliphatic heterocycles. The number of hydrogen-bond acceptors (Lipinski definition) is 2. The quantitative estimate of drug-likeness (QED) is 0.823. The number of rotatable bonds is 3. The van der Waals surface area contributed by atoms with Crippen molar-refractivity contribution in [2.75, 3.05) is 13.2 Å². The topological polar surface area (TPSA) is 40.5 Å². The van der Waals surface area contributed by atoms with Gasteiger partial charge in [0.2, 0.25) is 5.91 Å². The van der Waals surface area contributed by atoms with Gasteiger partial charge in [-0.2, -0.15) is 0 Å². The molecule has 0 bridgehead atoms. The standard InChI is InChI=1S/C14H27NO2/c1-10-6-7-15(12(10)9-16)13(17)8-11(2)14(3,4)5/h10-12,16H,6-9H2,1-5H3. The minimum atomic E-state index is 0.0367. The van der Waals surface area contributed by atoms with Crippen molar-refractivity contribution in [2.24, 2.45) is 17.3 Å². The van der Waals surface area contributed by atoms with Crippen LogP contribution in [0.15, 0.2) is 0 Å². The van der Waals surface area contributed by atoms with Crippen LogP contribution in [0.3, 0.4) is 0 Å². The van der Waals surface area contributed by atoms with Crippen LogP contribution in [0.4, 0.5) is 0 Å². The highest BCUT2D eigenvalue weighted by atomic mass is 16.3. The molecule has 1 rings (SSSR count). The maximum atomic E-state index is 12.2. The first kappa shape index (κ1) is 14.5. The molecule has 1 aliphatic rings. The minimum absolute atomic E-state index is 0.0367. The van der Waals surface area contributed by atoms with Gasteiger partial charge in [-0.3, -0.25) is 4.79 Å². The van der Waals surface area contributed by atoms with Gasteiger partial charge in [-0.25, -0.2) is 0 Å². The second kappa shape index (κ2) is 5.38. The number of aliphatic hydroxyl groups is 1. The number of nitrogens with zero attached hydrogens (tertiary/aromatic N) is 1. The van der Waals surface area contributed by atoms with Crippen LogP contribution >= 0.6 is 0 Å². The fourth-order valence-electron chi connectivity index (χ4n) is 2.28. The number of amides is 1. The van der Waals surface area contributed by atoms with E-state index in [1.165, 1.54) is 0 Å². The van der Waals surface area contributed by atoms with E-state index in [1.807, 2.05) is 4.90 Å². The summed E-state index contributed by atoms with van der Waals surface area (Å²) < 4.78 is 0. The van der Waals surface area contributed by atoms with E-state index in [0.717, 1.165) is 13.0 Å². The lowest BCUT2D eigenvalue weighted by Crippen LogP contribution is -2.41. The molecule has 0 saturated carbocycles. The number of aliphatic hydroxyl groups excluding tert-OH is 1. The summed E-state index contributed by atoms with van der Waals surface area (Å²) in [6.07, 6.45) is 1.60. The second-order valence-corrected chi connectivity index (χ2v) is 6.57. The Morgan fingerprint density at radius 1 is 1.47 bits per heavy atom. The summed E-state index contributed by atoms with van der Waals surface area (Å²) >= 11 is 0. The fourth-order valence-corrected chi connectivity index (χ4v) is 2.28. The average molecular weight is 241 g/mol. The average Bonchev–Trinajstić information content (AvgIpc) is 2.57. The Labute approximate surface area is 105 Å². The summed E-state index contributed by atoms with van der Waals surface area (Å²) in [5.41, 5.74) is 0.162. The van der Waals surface area contributed by atoms with Crippen molar-refractivity contribution >= 4 is 5.91 Å². The normalized spacial score (nSPS) is 27.3. The molecule has 3 atom stereocenters. The van der Waals surface area contributed by atoms with Gasteiger partial charge < -0.3 is 10.0 Å². The molecule has 1 fully saturated rings. The van der Waals surface area contributed by atoms with Gasteiger partial charge in [-0.1, -0.05) is 34.6 Å². The molecule has 3 unspecified atom stereocenters. The summed E-state index contributed by atoms with van der Waals surface area (Å²) in [6.45, 7) is 11.6. The van der Waals surface area contributed by atoms with Crippen LogP contribution < -0.4 is 0 Å². The number of carbonyl (C=O) groups excluding carboxylic acids is 1. The van der Waals surface area contributed by atoms with E-state index >= 15 is 0 Å². The summed E-state index contributed by atoms with van der Waals surface area (Å²) in [6, 6.07) is 0.0367. The van der Waals surface area contributed by atoms with Crippen molar-refractivity contribution in [2.45, 2.75) is 53.5 Å². The van der Waals surface area contributed by atoms with E-state index in [0.29, 0.717) is 18.3 Å². The van der Waals surface area contributed by atoms with E-state index in [2.05, 4.69) is 34.6 Å². The van der Waals surface area contributed by atoms with Crippen LogP contribution in [0.25, 0.3) is 0 Å². The number of likely N-dealkylation sites (tertiary alicyclic amines) is 1. The van der Waals surface area contributed by atoms with E-state index < -0.39 is 0 Å². The summed E-state index contributed by atoms with van der Waals surface area (Å²) in [4.78, 5) is 14.1. The molecule has 3 nitrogen and oxygen atoms in total. The molecule has 0 aromatic carbocycles. The Hall–Kier alpha value is -0.570. The van der Waals surface area contributed by atoms with E-state index in [1.54, 1.807) is 0 Å². The van der Waals surface area contributed by atoms with Crippen molar-refractivity contribution in [3.8, 4) is 0 Å². The Morgan fingerprint density at radius 3 is 2.53 bits per heavy atom. The molecule has 17 heavy (non-hydrogen) atoms. The number of hydrogen-bond donors (Lipinski definition) is 1. The minimum Gasteiger partial charge on any atom is -0.394 e. The SMILES string of the molecule is CC1CCN(C(=O)CC(C)C(C)(C)C)C1CO. The van der Waals surface area contributed by atoms with Gasteiger partial charge in [0.05, 0.1) is 12.6 Å². The second-order valence-electron chi connectivity index (χ2n) is 6.57. The van der Waals surface area contributed by atoms with Crippen LogP contribution in [-0.4, -0.2) is 35.1 Å². The van der Waals surface area contributed by atoms with Crippen molar-refractivity contribution in [3.63, 3.8) is 0 Å². The molecule has 1 heterocycles. The fraction of sp³-hybridized carbons (Fsp3) is 0.929. The Bertz CT molecular complexity index is 270. The highest BCUT2D eigenvalue weighted by Gasteiger charge is 2.35. The van der Waals surface area contributed by atoms with E-state index in [9.17, 15) is 9.90 Å². The van der Waals surface area contributed by atoms with Crippen molar-refractivity contribution in [1.29, 1.82) is 0 Å². The van der Waals surface area contributed by atoms with Crippen LogP contribution in [0.2, 0.25) is 0 Å². The molecule has 0 radical (unpaired) electrons. The first-order valence-electron chi connectivity index (χ1n) is 6.67. The zero-order chi connectivity index (χ0) is 13.2. The van der Waals surface area contributed by atoms with Gasteiger partial charge in [-0.05, 0) is 23.7 Å². The van der Waals surface area contributed by atoms with Gasteiger partial charge in [0.1, 0.15) is 0 Å². The monoisotopic (exact) mass is 241 g/mol. The third-order valence-corrected chi connectivity index (χ3v) is 4.35. The molecule has 0 aromatic rings. The highest BCUT2D eigenvalue weighted by molar-refractivity contribution is 5.77. The lowest BCUT2D eigenvalue weighted by molar-refractivity contribution is -0.134. The van der Waals surface area contributed by atoms with Gasteiger partial charge >= 0.3 is 0 Å². The molecular weight excluding hydrogens is 214 g/mol. The summed E-state index contributed by atoms with van der Waals surface area (Å²) in [5.74, 6) is 0.995. The zero-order valence-corrected chi connectivity index (χ0v) is 11.9. The lowest BCUT2D eigenvalue weighted by Gasteiger charge is -2.31. The smallest absolute Gasteiger partial charge is 0.223 e. The van der Waals surface area contributed by atoms with Crippen LogP contribution in [0.1, 0.15) is 47.5 Å². The number of carbonyl (C=O) groups is 1. The van der Waals surface area contributed by atoms with Gasteiger partial charge in [-0.15, -0.1) is 0 Å². The van der Waals surface area contributed by atoms with Gasteiger partial charge in [0.25, 0.3) is 0 Å². The van der Waals surface area contributed by atoms with Crippen LogP contribution in [0, 0.1) is 17.3 Å². The molecule has 100 valence electrons. The van der Waals surface area contributed by atoms with E-state index in [4.69, 9.17) is 0 Å². The Kier molecular flexibility index (Phi) is 4.59. The van der Waals surface area contributed by atoms with Crippen molar-refractivity contribution in [1.82, 2.24) is 4.90 Å². The van der Waals surface area contributed by atoms with Crippen LogP contribution in [-0.2, 0) is 4.79 Å². The molecule has 1 amide bonds. The molecule has 0 spiro atoms. The Balaban J connectivity index is 2.59. The molecular formula is C14H27NO2. The molecule has 0 aliphatic carbocycles. The predicted molar refractivity (Wildman–Crippen MR) is 69.6 cm³/mol. The highest BCUT2D eigenvalue weighted by Crippen LogP contribution is 2.31. The third kappa shape index (κ3) is 3.44. The van der Waals surface area contributed by atoms with Gasteiger partial charge in [0.15, 0.2) is 0 Å². The third-order valence-electron chi connectivity index (χ3n) is 4.35.